The third-order valence-corrected chi connectivity index (χ3v) is 4.57. The predicted molar refractivity (Wildman–Crippen MR) is 102 cm³/mol. The number of carbonyl (C=O) groups is 2. The van der Waals surface area contributed by atoms with E-state index in [9.17, 15) is 14.7 Å². The first kappa shape index (κ1) is 22.4. The van der Waals surface area contributed by atoms with Crippen LogP contribution in [0.3, 0.4) is 0 Å². The third-order valence-electron chi connectivity index (χ3n) is 4.57. The zero-order chi connectivity index (χ0) is 20.4. The molecule has 0 aliphatic carbocycles. The number of carbonyl (C=O) groups excluding carboxylic acids is 2. The standard InChI is InChI=1S/C21H28O6/c1-6-13-27-20(24)17(18(22)16-11-9-14-26-16)21(4,7-2)12-8-10-15(3)19(23)25-5/h6-7,9-11,14,17-18,22H,1-2,8,12-13H2,3-5H3/b15-10+/t17-,18+,21-/m0/s1. The number of hydrogen-bond donors (Lipinski definition) is 1. The summed E-state index contributed by atoms with van der Waals surface area (Å²) in [6.07, 6.45) is 5.99. The number of hydrogen-bond acceptors (Lipinski definition) is 6. The van der Waals surface area contributed by atoms with E-state index >= 15 is 0 Å². The van der Waals surface area contributed by atoms with Crippen molar-refractivity contribution in [2.45, 2.75) is 32.8 Å². The molecule has 0 amide bonds. The molecule has 0 aromatic carbocycles. The van der Waals surface area contributed by atoms with E-state index in [1.165, 1.54) is 19.4 Å². The Balaban J connectivity index is 3.10. The van der Waals surface area contributed by atoms with Gasteiger partial charge >= 0.3 is 11.9 Å². The van der Waals surface area contributed by atoms with Gasteiger partial charge in [0, 0.05) is 11.0 Å². The van der Waals surface area contributed by atoms with Crippen molar-refractivity contribution >= 4 is 11.9 Å². The van der Waals surface area contributed by atoms with Crippen LogP contribution in [-0.2, 0) is 19.1 Å². The molecule has 0 radical (unpaired) electrons. The Morgan fingerprint density at radius 1 is 1.41 bits per heavy atom. The fraction of sp³-hybridized carbons (Fsp3) is 0.429. The largest absolute Gasteiger partial charge is 0.467 e. The van der Waals surface area contributed by atoms with E-state index in [4.69, 9.17) is 9.15 Å². The minimum absolute atomic E-state index is 0.0365. The fourth-order valence-electron chi connectivity index (χ4n) is 2.84. The topological polar surface area (TPSA) is 86.0 Å². The van der Waals surface area contributed by atoms with E-state index in [0.29, 0.717) is 18.4 Å². The predicted octanol–water partition coefficient (Wildman–Crippen LogP) is 3.75. The quantitative estimate of drug-likeness (QED) is 0.360. The van der Waals surface area contributed by atoms with Crippen molar-refractivity contribution in [3.63, 3.8) is 0 Å². The monoisotopic (exact) mass is 376 g/mol. The van der Waals surface area contributed by atoms with E-state index in [1.54, 1.807) is 31.2 Å². The Hall–Kier alpha value is -2.60. The van der Waals surface area contributed by atoms with Crippen LogP contribution < -0.4 is 0 Å². The smallest absolute Gasteiger partial charge is 0.333 e. The van der Waals surface area contributed by atoms with Crippen LogP contribution >= 0.6 is 0 Å². The molecule has 3 atom stereocenters. The van der Waals surface area contributed by atoms with Crippen molar-refractivity contribution in [2.75, 3.05) is 13.7 Å². The number of ether oxygens (including phenoxy) is 2. The van der Waals surface area contributed by atoms with E-state index in [1.807, 2.05) is 6.92 Å². The fourth-order valence-corrected chi connectivity index (χ4v) is 2.84. The molecule has 0 aliphatic heterocycles. The average molecular weight is 376 g/mol. The summed E-state index contributed by atoms with van der Waals surface area (Å²) in [6.45, 7) is 10.9. The first-order chi connectivity index (χ1) is 12.8. The number of aliphatic hydroxyl groups is 1. The molecular formula is C21H28O6. The Bertz CT molecular complexity index is 673. The van der Waals surface area contributed by atoms with Crippen LogP contribution in [0.25, 0.3) is 0 Å². The van der Waals surface area contributed by atoms with Crippen molar-refractivity contribution in [3.8, 4) is 0 Å². The lowest BCUT2D eigenvalue weighted by Gasteiger charge is -2.35. The molecule has 148 valence electrons. The van der Waals surface area contributed by atoms with Crippen LogP contribution in [0.5, 0.6) is 0 Å². The van der Waals surface area contributed by atoms with Crippen LogP contribution in [0.1, 0.15) is 38.6 Å². The number of rotatable bonds is 11. The molecule has 0 unspecified atom stereocenters. The number of aliphatic hydroxyl groups excluding tert-OH is 1. The summed E-state index contributed by atoms with van der Waals surface area (Å²) in [5.74, 6) is -1.65. The van der Waals surface area contributed by atoms with Gasteiger partial charge in [-0.15, -0.1) is 6.58 Å². The summed E-state index contributed by atoms with van der Waals surface area (Å²) in [4.78, 5) is 24.2. The molecule has 0 bridgehead atoms. The van der Waals surface area contributed by atoms with Crippen LogP contribution in [0, 0.1) is 11.3 Å². The van der Waals surface area contributed by atoms with Crippen molar-refractivity contribution in [3.05, 3.63) is 61.1 Å². The molecule has 0 fully saturated rings. The molecule has 0 saturated carbocycles. The molecule has 6 nitrogen and oxygen atoms in total. The van der Waals surface area contributed by atoms with Gasteiger partial charge in [-0.1, -0.05) is 31.7 Å². The Morgan fingerprint density at radius 3 is 2.63 bits per heavy atom. The minimum atomic E-state index is -1.20. The Kier molecular flexibility index (Phi) is 8.75. The number of furan rings is 1. The maximum absolute atomic E-state index is 12.7. The van der Waals surface area contributed by atoms with Crippen molar-refractivity contribution < 1.29 is 28.6 Å². The summed E-state index contributed by atoms with van der Waals surface area (Å²) in [5.41, 5.74) is -0.335. The van der Waals surface area contributed by atoms with Gasteiger partial charge in [0.2, 0.25) is 0 Å². The summed E-state index contributed by atoms with van der Waals surface area (Å²) in [6, 6.07) is 3.24. The van der Waals surface area contributed by atoms with Gasteiger partial charge in [0.1, 0.15) is 18.5 Å². The van der Waals surface area contributed by atoms with Gasteiger partial charge in [-0.05, 0) is 31.9 Å². The van der Waals surface area contributed by atoms with Crippen LogP contribution in [-0.4, -0.2) is 30.8 Å². The minimum Gasteiger partial charge on any atom is -0.467 e. The van der Waals surface area contributed by atoms with Crippen LogP contribution in [0.2, 0.25) is 0 Å². The summed E-state index contributed by atoms with van der Waals surface area (Å²) in [5, 5.41) is 10.8. The molecule has 1 aromatic heterocycles. The molecule has 0 spiro atoms. The number of methoxy groups -OCH3 is 1. The normalized spacial score (nSPS) is 15.9. The van der Waals surface area contributed by atoms with Gasteiger partial charge < -0.3 is 19.0 Å². The zero-order valence-corrected chi connectivity index (χ0v) is 16.1. The molecule has 1 rings (SSSR count). The van der Waals surface area contributed by atoms with Crippen molar-refractivity contribution in [1.82, 2.24) is 0 Å². The van der Waals surface area contributed by atoms with Gasteiger partial charge in [0.15, 0.2) is 0 Å². The SMILES string of the molecule is C=CCOC(=O)[C@H]([C@H](O)c1ccco1)[C@@](C)(C=C)CC/C=C(\C)C(=O)OC. The maximum atomic E-state index is 12.7. The highest BCUT2D eigenvalue weighted by Crippen LogP contribution is 2.42. The second-order valence-electron chi connectivity index (χ2n) is 6.48. The van der Waals surface area contributed by atoms with Crippen LogP contribution in [0.4, 0.5) is 0 Å². The Labute approximate surface area is 160 Å². The highest BCUT2D eigenvalue weighted by atomic mass is 16.5. The molecule has 1 N–H and O–H groups in total. The van der Waals surface area contributed by atoms with Gasteiger partial charge in [0.05, 0.1) is 19.3 Å². The van der Waals surface area contributed by atoms with Crippen molar-refractivity contribution in [2.24, 2.45) is 11.3 Å². The summed E-state index contributed by atoms with van der Waals surface area (Å²) >= 11 is 0. The van der Waals surface area contributed by atoms with E-state index < -0.39 is 29.4 Å². The molecule has 0 aliphatic rings. The lowest BCUT2D eigenvalue weighted by molar-refractivity contribution is -0.157. The number of allylic oxidation sites excluding steroid dienone is 2. The number of esters is 2. The second kappa shape index (κ2) is 10.5. The van der Waals surface area contributed by atoms with E-state index in [0.717, 1.165) is 0 Å². The summed E-state index contributed by atoms with van der Waals surface area (Å²) < 4.78 is 15.2. The lowest BCUT2D eigenvalue weighted by Crippen LogP contribution is -2.38. The molecule has 1 heterocycles. The maximum Gasteiger partial charge on any atom is 0.333 e. The highest BCUT2D eigenvalue weighted by molar-refractivity contribution is 5.87. The molecule has 6 heteroatoms. The molecule has 27 heavy (non-hydrogen) atoms. The van der Waals surface area contributed by atoms with Gasteiger partial charge in [-0.2, -0.15) is 0 Å². The van der Waals surface area contributed by atoms with Crippen molar-refractivity contribution in [1.29, 1.82) is 0 Å². The van der Waals surface area contributed by atoms with E-state index in [2.05, 4.69) is 17.9 Å². The average Bonchev–Trinajstić information content (AvgIpc) is 3.20. The zero-order valence-electron chi connectivity index (χ0n) is 16.1. The molecular weight excluding hydrogens is 348 g/mol. The first-order valence-electron chi connectivity index (χ1n) is 8.68. The van der Waals surface area contributed by atoms with Gasteiger partial charge in [0.25, 0.3) is 0 Å². The molecule has 0 saturated heterocycles. The van der Waals surface area contributed by atoms with Crippen LogP contribution in [0.15, 0.2) is 59.8 Å². The highest BCUT2D eigenvalue weighted by Gasteiger charge is 2.44. The third kappa shape index (κ3) is 5.96. The van der Waals surface area contributed by atoms with Gasteiger partial charge in [-0.25, -0.2) is 4.79 Å². The first-order valence-corrected chi connectivity index (χ1v) is 8.68. The van der Waals surface area contributed by atoms with E-state index in [-0.39, 0.29) is 12.4 Å². The second-order valence-corrected chi connectivity index (χ2v) is 6.48. The summed E-state index contributed by atoms with van der Waals surface area (Å²) in [7, 11) is 1.32. The Morgan fingerprint density at radius 2 is 2.11 bits per heavy atom. The lowest BCUT2D eigenvalue weighted by atomic mass is 9.70. The molecule has 1 aromatic rings. The van der Waals surface area contributed by atoms with Gasteiger partial charge in [-0.3, -0.25) is 4.79 Å².